The summed E-state index contributed by atoms with van der Waals surface area (Å²) in [5.74, 6) is 0.0539. The number of aliphatic hydroxyl groups excluding tert-OH is 1. The minimum absolute atomic E-state index is 0.0379. The van der Waals surface area contributed by atoms with E-state index in [0.29, 0.717) is 16.7 Å². The third-order valence-electron chi connectivity index (χ3n) is 9.00. The number of fused-ring (bicyclic) bond motifs is 6. The Morgan fingerprint density at radius 1 is 0.786 bits per heavy atom. The van der Waals surface area contributed by atoms with Crippen LogP contribution in [0.5, 0.6) is 0 Å². The van der Waals surface area contributed by atoms with Gasteiger partial charge < -0.3 is 10.4 Å². The molecule has 2 aliphatic heterocycles. The van der Waals surface area contributed by atoms with Crippen LogP contribution in [0.4, 0.5) is 11.4 Å². The van der Waals surface area contributed by atoms with E-state index in [1.807, 2.05) is 42.5 Å². The van der Waals surface area contributed by atoms with Gasteiger partial charge in [0, 0.05) is 38.9 Å². The quantitative estimate of drug-likeness (QED) is 0.247. The molecule has 5 nitrogen and oxygen atoms in total. The molecule has 0 saturated carbocycles. The second-order valence-corrected chi connectivity index (χ2v) is 12.1. The first kappa shape index (κ1) is 25.6. The molecule has 202 valence electrons. The topological polar surface area (TPSA) is 92.2 Å². The third kappa shape index (κ3) is 3.44. The summed E-state index contributed by atoms with van der Waals surface area (Å²) in [4.78, 5) is 4.95. The van der Waals surface area contributed by atoms with Crippen LogP contribution in [0, 0.1) is 22.7 Å². The highest BCUT2D eigenvalue weighted by Gasteiger charge is 2.41. The van der Waals surface area contributed by atoms with Crippen LogP contribution in [-0.4, -0.2) is 10.8 Å². The van der Waals surface area contributed by atoms with Gasteiger partial charge in [-0.05, 0) is 57.0 Å². The van der Waals surface area contributed by atoms with E-state index in [1.165, 1.54) is 10.9 Å². The first-order chi connectivity index (χ1) is 20.2. The monoisotopic (exact) mass is 544 g/mol. The maximum atomic E-state index is 11.4. The van der Waals surface area contributed by atoms with Gasteiger partial charge in [-0.1, -0.05) is 88.4 Å². The second kappa shape index (κ2) is 8.80. The van der Waals surface area contributed by atoms with Gasteiger partial charge in [-0.15, -0.1) is 0 Å². The van der Waals surface area contributed by atoms with Crippen molar-refractivity contribution in [1.82, 2.24) is 0 Å². The molecule has 0 amide bonds. The van der Waals surface area contributed by atoms with Crippen molar-refractivity contribution < 1.29 is 5.11 Å². The number of nitrogens with zero attached hydrogens (tertiary/aromatic N) is 3. The van der Waals surface area contributed by atoms with Crippen LogP contribution in [0.2, 0.25) is 0 Å². The van der Waals surface area contributed by atoms with E-state index in [2.05, 4.69) is 87.6 Å². The average molecular weight is 545 g/mol. The maximum Gasteiger partial charge on any atom is 0.138 e. The fourth-order valence-electron chi connectivity index (χ4n) is 6.75. The molecule has 2 N–H and O–H groups in total. The summed E-state index contributed by atoms with van der Waals surface area (Å²) >= 11 is 0. The van der Waals surface area contributed by atoms with E-state index >= 15 is 0 Å². The van der Waals surface area contributed by atoms with Crippen molar-refractivity contribution in [3.63, 3.8) is 0 Å². The molecule has 7 rings (SSSR count). The molecule has 0 bridgehead atoms. The van der Waals surface area contributed by atoms with Crippen LogP contribution in [0.3, 0.4) is 0 Å². The Labute approximate surface area is 244 Å². The fourth-order valence-corrected chi connectivity index (χ4v) is 6.75. The van der Waals surface area contributed by atoms with E-state index in [4.69, 9.17) is 4.99 Å². The van der Waals surface area contributed by atoms with Crippen LogP contribution < -0.4 is 5.32 Å². The number of anilines is 1. The lowest BCUT2D eigenvalue weighted by atomic mass is 9.74. The molecule has 0 saturated heterocycles. The van der Waals surface area contributed by atoms with Gasteiger partial charge in [-0.2, -0.15) is 10.5 Å². The highest BCUT2D eigenvalue weighted by molar-refractivity contribution is 6.13. The number of allylic oxidation sites excluding steroid dienone is 6. The summed E-state index contributed by atoms with van der Waals surface area (Å²) < 4.78 is 0. The highest BCUT2D eigenvalue weighted by atomic mass is 16.3. The molecule has 0 aromatic heterocycles. The minimum atomic E-state index is -0.444. The number of rotatable bonds is 2. The van der Waals surface area contributed by atoms with E-state index < -0.39 is 10.8 Å². The molecule has 3 aliphatic rings. The molecule has 5 heteroatoms. The molecule has 42 heavy (non-hydrogen) atoms. The van der Waals surface area contributed by atoms with Gasteiger partial charge >= 0.3 is 0 Å². The Kier molecular flexibility index (Phi) is 5.36. The van der Waals surface area contributed by atoms with Gasteiger partial charge in [-0.3, -0.25) is 4.99 Å². The standard InChI is InChI=1S/C37H28N4O/c1-36(2)30(40-28-15-13-21-9-5-7-11-24(21)33(28)36)17-26-32(23(19-38)20-39)27(35(26)42)18-31-37(3,4)34-25-12-8-6-10-22(25)14-16-29(34)41-31/h5-18,40,42H,1-4H3/b27-18+,30-17-. The lowest BCUT2D eigenvalue weighted by Crippen LogP contribution is -2.26. The van der Waals surface area contributed by atoms with E-state index in [9.17, 15) is 15.6 Å². The zero-order valence-corrected chi connectivity index (χ0v) is 23.9. The van der Waals surface area contributed by atoms with Gasteiger partial charge in [-0.25, -0.2) is 0 Å². The van der Waals surface area contributed by atoms with Crippen molar-refractivity contribution in [2.24, 2.45) is 4.99 Å². The van der Waals surface area contributed by atoms with Gasteiger partial charge in [0.2, 0.25) is 0 Å². The number of hydrogen-bond acceptors (Lipinski definition) is 5. The molecule has 4 aromatic rings. The zero-order valence-electron chi connectivity index (χ0n) is 23.9. The lowest BCUT2D eigenvalue weighted by Gasteiger charge is -2.29. The predicted molar refractivity (Wildman–Crippen MR) is 169 cm³/mol. The van der Waals surface area contributed by atoms with Crippen LogP contribution in [-0.2, 0) is 10.8 Å². The summed E-state index contributed by atoms with van der Waals surface area (Å²) in [5, 5.41) is 39.4. The van der Waals surface area contributed by atoms with Gasteiger partial charge in [0.15, 0.2) is 0 Å². The summed E-state index contributed by atoms with van der Waals surface area (Å²) in [6.07, 6.45) is 3.72. The Morgan fingerprint density at radius 3 is 2.07 bits per heavy atom. The van der Waals surface area contributed by atoms with E-state index in [-0.39, 0.29) is 11.3 Å². The summed E-state index contributed by atoms with van der Waals surface area (Å²) in [7, 11) is 0. The van der Waals surface area contributed by atoms with Crippen molar-refractivity contribution in [1.29, 1.82) is 10.5 Å². The molecular weight excluding hydrogens is 516 g/mol. The van der Waals surface area contributed by atoms with E-state index in [1.54, 1.807) is 0 Å². The van der Waals surface area contributed by atoms with Gasteiger partial charge in [0.25, 0.3) is 0 Å². The number of nitrogens with one attached hydrogen (secondary N) is 1. The van der Waals surface area contributed by atoms with Crippen LogP contribution in [0.15, 0.2) is 124 Å². The van der Waals surface area contributed by atoms with Crippen LogP contribution in [0.25, 0.3) is 21.5 Å². The number of benzene rings is 4. The molecule has 0 atom stereocenters. The molecular formula is C37H28N4O. The van der Waals surface area contributed by atoms with Gasteiger partial charge in [0.1, 0.15) is 23.5 Å². The number of aliphatic hydroxyl groups is 1. The Balaban J connectivity index is 1.35. The summed E-state index contributed by atoms with van der Waals surface area (Å²) in [6.45, 7) is 8.53. The van der Waals surface area contributed by atoms with Gasteiger partial charge in [0.05, 0.1) is 11.4 Å². The number of nitriles is 2. The smallest absolute Gasteiger partial charge is 0.138 e. The maximum absolute atomic E-state index is 11.4. The van der Waals surface area contributed by atoms with Crippen molar-refractivity contribution >= 4 is 38.6 Å². The van der Waals surface area contributed by atoms with Crippen LogP contribution >= 0.6 is 0 Å². The highest BCUT2D eigenvalue weighted by Crippen LogP contribution is 2.51. The predicted octanol–water partition coefficient (Wildman–Crippen LogP) is 8.74. The Bertz CT molecular complexity index is 2120. The minimum Gasteiger partial charge on any atom is -0.507 e. The SMILES string of the molecule is CC1(C)C(/C=C2C(O)=C(/C=C3\Nc4ccc5ccccc5c4C3(C)C)C/2=C(C#N)C#N)=Nc2ccc3ccccc3c21. The fraction of sp³-hybridized carbons (Fsp3) is 0.162. The normalized spacial score (nSPS) is 19.7. The second-order valence-electron chi connectivity index (χ2n) is 12.1. The zero-order chi connectivity index (χ0) is 29.4. The Morgan fingerprint density at radius 2 is 1.40 bits per heavy atom. The van der Waals surface area contributed by atoms with Crippen LogP contribution in [0.1, 0.15) is 38.8 Å². The molecule has 4 aromatic carbocycles. The molecule has 0 fully saturated rings. The van der Waals surface area contributed by atoms with E-state index in [0.717, 1.165) is 44.5 Å². The molecule has 0 spiro atoms. The van der Waals surface area contributed by atoms with Crippen molar-refractivity contribution in [2.75, 3.05) is 5.32 Å². The third-order valence-corrected chi connectivity index (χ3v) is 9.00. The Hall–Kier alpha value is -5.39. The van der Waals surface area contributed by atoms with Crippen molar-refractivity contribution in [3.05, 3.63) is 130 Å². The summed E-state index contributed by atoms with van der Waals surface area (Å²) in [6, 6.07) is 28.9. The van der Waals surface area contributed by atoms with Crippen molar-refractivity contribution in [2.45, 2.75) is 38.5 Å². The largest absolute Gasteiger partial charge is 0.507 e. The van der Waals surface area contributed by atoms with Crippen molar-refractivity contribution in [3.8, 4) is 12.1 Å². The first-order valence-electron chi connectivity index (χ1n) is 14.0. The molecule has 1 aliphatic carbocycles. The molecule has 2 heterocycles. The molecule has 0 unspecified atom stereocenters. The first-order valence-corrected chi connectivity index (χ1v) is 14.0. The molecule has 0 radical (unpaired) electrons. The lowest BCUT2D eigenvalue weighted by molar-refractivity contribution is 0.410. The number of hydrogen-bond donors (Lipinski definition) is 2. The average Bonchev–Trinajstić information content (AvgIpc) is 3.41. The summed E-state index contributed by atoms with van der Waals surface area (Å²) in [5.41, 5.74) is 6.38. The number of aliphatic imine (C=N–C) groups is 1.